The normalized spacial score (nSPS) is 39.1. The number of aliphatic hydroxyl groups is 7. The highest BCUT2D eigenvalue weighted by Gasteiger charge is 2.59. The molecule has 6 heterocycles. The Labute approximate surface area is 553 Å². The van der Waals surface area contributed by atoms with Crippen LogP contribution in [0.2, 0.25) is 0 Å². The van der Waals surface area contributed by atoms with Crippen LogP contribution in [0, 0.1) is 5.92 Å². The number of aliphatic hydroxyl groups excluding tert-OH is 7. The molecule has 94 heavy (non-hydrogen) atoms. The largest absolute Gasteiger partial charge is 0.456 e. The van der Waals surface area contributed by atoms with Gasteiger partial charge >= 0.3 is 23.9 Å². The molecule has 0 radical (unpaired) electrons. The van der Waals surface area contributed by atoms with Crippen molar-refractivity contribution in [3.63, 3.8) is 0 Å². The minimum Gasteiger partial charge on any atom is -0.456 e. The van der Waals surface area contributed by atoms with Gasteiger partial charge in [-0.2, -0.15) is 0 Å². The average molecular weight is 1340 g/mol. The van der Waals surface area contributed by atoms with E-state index in [1.165, 1.54) is 26.8 Å². The second-order valence-corrected chi connectivity index (χ2v) is 26.6. The second kappa shape index (κ2) is 38.5. The Morgan fingerprint density at radius 3 is 1.76 bits per heavy atom. The molecule has 25 nitrogen and oxygen atoms in total. The van der Waals surface area contributed by atoms with Gasteiger partial charge in [0.15, 0.2) is 55.9 Å². The Morgan fingerprint density at radius 2 is 1.06 bits per heavy atom. The van der Waals surface area contributed by atoms with Crippen molar-refractivity contribution in [3.05, 3.63) is 42.0 Å². The summed E-state index contributed by atoms with van der Waals surface area (Å²) in [4.78, 5) is 55.6. The van der Waals surface area contributed by atoms with Gasteiger partial charge in [-0.05, 0) is 71.9 Å². The predicted octanol–water partition coefficient (Wildman–Crippen LogP) is 6.42. The molecular formula is C69H110O25. The van der Waals surface area contributed by atoms with Gasteiger partial charge in [0.05, 0.1) is 42.5 Å². The molecule has 6 fully saturated rings. The molecule has 6 aliphatic rings. The highest BCUT2D eigenvalue weighted by atomic mass is 16.8. The van der Waals surface area contributed by atoms with Crippen LogP contribution >= 0.6 is 0 Å². The van der Waals surface area contributed by atoms with Gasteiger partial charge in [0, 0.05) is 18.9 Å². The molecular weight excluding hydrogens is 1230 g/mol. The summed E-state index contributed by atoms with van der Waals surface area (Å²) >= 11 is 0. The van der Waals surface area contributed by atoms with Gasteiger partial charge in [-0.1, -0.05) is 154 Å². The third-order valence-electron chi connectivity index (χ3n) is 18.6. The molecule has 26 atom stereocenters. The van der Waals surface area contributed by atoms with Gasteiger partial charge in [0.25, 0.3) is 0 Å². The van der Waals surface area contributed by atoms with E-state index in [0.717, 1.165) is 96.0 Å². The number of benzene rings is 1. The van der Waals surface area contributed by atoms with Crippen LogP contribution in [0.3, 0.4) is 0 Å². The number of carbonyl (C=O) groups excluding carboxylic acids is 4. The van der Waals surface area contributed by atoms with E-state index >= 15 is 0 Å². The quantitative estimate of drug-likeness (QED) is 0.0254. The summed E-state index contributed by atoms with van der Waals surface area (Å²) in [6.07, 6.45) is -20.8. The molecule has 0 aromatic heterocycles. The summed E-state index contributed by atoms with van der Waals surface area (Å²) in [7, 11) is 0. The Hall–Kier alpha value is -3.84. The van der Waals surface area contributed by atoms with Crippen molar-refractivity contribution in [1.82, 2.24) is 0 Å². The fourth-order valence-corrected chi connectivity index (χ4v) is 12.8. The molecule has 536 valence electrons. The summed E-state index contributed by atoms with van der Waals surface area (Å²) < 4.78 is 89.7. The maximum absolute atomic E-state index is 14.5. The molecule has 1 aromatic rings. The Bertz CT molecular complexity index is 2440. The van der Waals surface area contributed by atoms with E-state index in [9.17, 15) is 54.9 Å². The molecule has 0 aliphatic carbocycles. The molecule has 0 amide bonds. The van der Waals surface area contributed by atoms with Gasteiger partial charge in [-0.3, -0.25) is 14.4 Å². The SMILES string of the molecule is CCCCCCCCCC(=O)OC1C(OC2C(C)OC3OC4C(OC(CCCCC)CCCCCCCCCC(=O)OC2C3O)OC(C)C(O)C4O)OC(C)C(OC2OC(C)C(OC(=O)C(C)C)C(O)C2OC(=O)C=Cc2ccccc2)C1OC1OC(C)C(O)C(O)C1O. The summed E-state index contributed by atoms with van der Waals surface area (Å²) in [5.41, 5.74) is 0.643. The number of hydrogen-bond acceptors (Lipinski definition) is 25. The van der Waals surface area contributed by atoms with Crippen molar-refractivity contribution in [1.29, 1.82) is 0 Å². The van der Waals surface area contributed by atoms with E-state index in [4.69, 9.17) is 66.3 Å². The first-order valence-electron chi connectivity index (χ1n) is 34.9. The van der Waals surface area contributed by atoms with Crippen LogP contribution in [-0.2, 0) is 85.5 Å². The van der Waals surface area contributed by atoms with Gasteiger partial charge in [0.2, 0.25) is 0 Å². The van der Waals surface area contributed by atoms with Crippen molar-refractivity contribution in [2.75, 3.05) is 0 Å². The maximum atomic E-state index is 14.5. The highest BCUT2D eigenvalue weighted by molar-refractivity contribution is 5.87. The third-order valence-corrected chi connectivity index (χ3v) is 18.6. The molecule has 7 rings (SSSR count). The van der Waals surface area contributed by atoms with Crippen LogP contribution in [0.1, 0.15) is 203 Å². The van der Waals surface area contributed by atoms with E-state index in [1.807, 2.05) is 0 Å². The topological polar surface area (TPSA) is 339 Å². The molecule has 6 saturated heterocycles. The van der Waals surface area contributed by atoms with Crippen LogP contribution < -0.4 is 0 Å². The first-order chi connectivity index (χ1) is 45.0. The number of hydrogen-bond donors (Lipinski definition) is 7. The lowest BCUT2D eigenvalue weighted by Crippen LogP contribution is -2.68. The fourth-order valence-electron chi connectivity index (χ4n) is 12.8. The molecule has 0 spiro atoms. The van der Waals surface area contributed by atoms with E-state index in [0.29, 0.717) is 37.7 Å². The van der Waals surface area contributed by atoms with Crippen molar-refractivity contribution in [3.8, 4) is 0 Å². The summed E-state index contributed by atoms with van der Waals surface area (Å²) in [5, 5.41) is 81.5. The lowest BCUT2D eigenvalue weighted by Gasteiger charge is -2.51. The number of rotatable bonds is 24. The highest BCUT2D eigenvalue weighted by Crippen LogP contribution is 2.40. The Morgan fingerprint density at radius 1 is 0.500 bits per heavy atom. The zero-order valence-corrected chi connectivity index (χ0v) is 56.5. The molecule has 2 bridgehead atoms. The minimum absolute atomic E-state index is 0.0458. The van der Waals surface area contributed by atoms with Crippen molar-refractivity contribution < 1.29 is 121 Å². The Balaban J connectivity index is 1.27. The van der Waals surface area contributed by atoms with E-state index in [1.54, 1.807) is 58.0 Å². The smallest absolute Gasteiger partial charge is 0.331 e. The average Bonchev–Trinajstić information content (AvgIpc) is 0.773. The predicted molar refractivity (Wildman–Crippen MR) is 336 cm³/mol. The van der Waals surface area contributed by atoms with Gasteiger partial charge in [-0.15, -0.1) is 0 Å². The number of unbranched alkanes of at least 4 members (excludes halogenated alkanes) is 8. The van der Waals surface area contributed by atoms with Gasteiger partial charge in [0.1, 0.15) is 67.1 Å². The minimum atomic E-state index is -1.95. The number of ether oxygens (including phenoxy) is 14. The maximum Gasteiger partial charge on any atom is 0.331 e. The molecule has 6 aliphatic heterocycles. The monoisotopic (exact) mass is 1340 g/mol. The lowest BCUT2D eigenvalue weighted by molar-refractivity contribution is -0.399. The van der Waals surface area contributed by atoms with Crippen LogP contribution in [0.25, 0.3) is 6.08 Å². The number of carbonyl (C=O) groups is 4. The van der Waals surface area contributed by atoms with Crippen molar-refractivity contribution >= 4 is 30.0 Å². The standard InChI is InChI=1S/C69H110O25/c1-10-12-14-15-17-21-29-35-47(71)89-63-62(94-65-53(77)51(75)49(73)39(5)81-65)58(92-68-61(88-48(72)37-36-44-30-25-23-26-31-44)54(78)56(41(7)84-68)90-64(80)38(3)4)43(9)85-69(63)91-57-42(8)83-66-55(79)59(57)87-46(70)34-28-22-19-16-18-20-27-33-45(32-24-13-11-2)86-67-60(93-66)52(76)50(74)40(6)82-67/h23,25-26,30-31,36-43,45,49-63,65-69,73-79H,10-22,24,27-29,32-35H2,1-9H3. The van der Waals surface area contributed by atoms with Crippen LogP contribution in [-0.4, -0.2) is 219 Å². The Kier molecular flexibility index (Phi) is 31.7. The summed E-state index contributed by atoms with van der Waals surface area (Å²) in [6.45, 7) is 15.0. The zero-order valence-electron chi connectivity index (χ0n) is 56.5. The summed E-state index contributed by atoms with van der Waals surface area (Å²) in [6, 6.07) is 8.84. The molecule has 7 N–H and O–H groups in total. The summed E-state index contributed by atoms with van der Waals surface area (Å²) in [5.74, 6) is -3.76. The van der Waals surface area contributed by atoms with Crippen LogP contribution in [0.5, 0.6) is 0 Å². The van der Waals surface area contributed by atoms with Crippen molar-refractivity contribution in [2.24, 2.45) is 5.92 Å². The number of esters is 4. The first kappa shape index (κ1) is 77.5. The molecule has 25 heteroatoms. The fraction of sp³-hybridized carbons (Fsp3) is 0.826. The van der Waals surface area contributed by atoms with Gasteiger partial charge in [-0.25, -0.2) is 4.79 Å². The van der Waals surface area contributed by atoms with E-state index in [-0.39, 0.29) is 18.9 Å². The van der Waals surface area contributed by atoms with E-state index < -0.39 is 183 Å². The van der Waals surface area contributed by atoms with Crippen LogP contribution in [0.15, 0.2) is 36.4 Å². The zero-order chi connectivity index (χ0) is 68.2. The van der Waals surface area contributed by atoms with Crippen LogP contribution in [0.4, 0.5) is 0 Å². The molecule has 1 aromatic carbocycles. The molecule has 26 unspecified atom stereocenters. The first-order valence-corrected chi connectivity index (χ1v) is 34.9. The third kappa shape index (κ3) is 21.8. The van der Waals surface area contributed by atoms with Gasteiger partial charge < -0.3 is 102 Å². The molecule has 0 saturated carbocycles. The lowest BCUT2D eigenvalue weighted by atomic mass is 9.95. The number of fused-ring (bicyclic) bond motifs is 3. The van der Waals surface area contributed by atoms with Crippen molar-refractivity contribution in [2.45, 2.75) is 357 Å². The van der Waals surface area contributed by atoms with E-state index in [2.05, 4.69) is 13.8 Å². The second-order valence-electron chi connectivity index (χ2n) is 26.6.